The van der Waals surface area contributed by atoms with Crippen molar-refractivity contribution in [2.75, 3.05) is 0 Å². The number of fused-ring (bicyclic) bond motifs is 6. The van der Waals surface area contributed by atoms with Crippen molar-refractivity contribution >= 4 is 43.5 Å². The summed E-state index contributed by atoms with van der Waals surface area (Å²) in [5.41, 5.74) is 12.0. The molecule has 52 heavy (non-hydrogen) atoms. The molecule has 4 nitrogen and oxygen atoms in total. The molecule has 3 heterocycles. The Morgan fingerprint density at radius 3 is 1.65 bits per heavy atom. The van der Waals surface area contributed by atoms with E-state index in [1.54, 1.807) is 0 Å². The number of para-hydroxylation sites is 1. The predicted molar refractivity (Wildman–Crippen MR) is 215 cm³/mol. The van der Waals surface area contributed by atoms with Crippen LogP contribution in [0.15, 0.2) is 182 Å². The van der Waals surface area contributed by atoms with Crippen LogP contribution in [0.2, 0.25) is 0 Å². The average molecular weight is 663 g/mol. The van der Waals surface area contributed by atoms with E-state index < -0.39 is 0 Å². The molecule has 0 aliphatic carbocycles. The molecule has 0 N–H and O–H groups in total. The summed E-state index contributed by atoms with van der Waals surface area (Å²) in [7, 11) is 0. The largest absolute Gasteiger partial charge is 0.248 e. The molecule has 242 valence electrons. The smallest absolute Gasteiger partial charge is 0.160 e. The molecule has 0 aliphatic rings. The van der Waals surface area contributed by atoms with Gasteiger partial charge < -0.3 is 0 Å². The topological polar surface area (TPSA) is 51.6 Å². The van der Waals surface area contributed by atoms with E-state index in [4.69, 9.17) is 19.9 Å². The van der Waals surface area contributed by atoms with Crippen LogP contribution in [0.3, 0.4) is 0 Å². The Morgan fingerprint density at radius 1 is 0.269 bits per heavy atom. The number of pyridine rings is 2. The summed E-state index contributed by atoms with van der Waals surface area (Å²) >= 11 is 0. The first-order chi connectivity index (χ1) is 25.8. The summed E-state index contributed by atoms with van der Waals surface area (Å²) in [6, 6.07) is 63.1. The summed E-state index contributed by atoms with van der Waals surface area (Å²) < 4.78 is 0. The zero-order valence-corrected chi connectivity index (χ0v) is 28.1. The molecular weight excluding hydrogens is 633 g/mol. The Balaban J connectivity index is 1.13. The monoisotopic (exact) mass is 662 g/mol. The van der Waals surface area contributed by atoms with Gasteiger partial charge in [0.2, 0.25) is 0 Å². The van der Waals surface area contributed by atoms with Gasteiger partial charge in [0, 0.05) is 43.8 Å². The lowest BCUT2D eigenvalue weighted by Gasteiger charge is -2.14. The average Bonchev–Trinajstić information content (AvgIpc) is 3.23. The molecular formula is C48H30N4. The van der Waals surface area contributed by atoms with E-state index in [2.05, 4.69) is 140 Å². The van der Waals surface area contributed by atoms with Gasteiger partial charge >= 0.3 is 0 Å². The number of hydrogen-bond donors (Lipinski definition) is 0. The van der Waals surface area contributed by atoms with Gasteiger partial charge in [-0.15, -0.1) is 0 Å². The van der Waals surface area contributed by atoms with Crippen molar-refractivity contribution in [2.24, 2.45) is 0 Å². The Hall–Kier alpha value is -7.04. The summed E-state index contributed by atoms with van der Waals surface area (Å²) in [6.07, 6.45) is 0. The van der Waals surface area contributed by atoms with Gasteiger partial charge in [0.1, 0.15) is 0 Å². The van der Waals surface area contributed by atoms with Crippen molar-refractivity contribution < 1.29 is 0 Å². The fraction of sp³-hybridized carbons (Fsp3) is 0. The fourth-order valence-corrected chi connectivity index (χ4v) is 7.33. The molecule has 7 aromatic carbocycles. The quantitative estimate of drug-likeness (QED) is 0.172. The van der Waals surface area contributed by atoms with Crippen LogP contribution in [0, 0.1) is 0 Å². The van der Waals surface area contributed by atoms with Crippen molar-refractivity contribution in [2.45, 2.75) is 0 Å². The Kier molecular flexibility index (Phi) is 7.10. The maximum Gasteiger partial charge on any atom is 0.160 e. The Bertz CT molecular complexity index is 2940. The molecule has 0 amide bonds. The lowest BCUT2D eigenvalue weighted by Crippen LogP contribution is -1.95. The number of rotatable bonds is 5. The number of benzene rings is 7. The van der Waals surface area contributed by atoms with E-state index in [1.165, 1.54) is 0 Å². The Labute approximate surface area is 300 Å². The third-order valence-corrected chi connectivity index (χ3v) is 9.85. The lowest BCUT2D eigenvalue weighted by atomic mass is 9.94. The molecule has 0 unspecified atom stereocenters. The van der Waals surface area contributed by atoms with Crippen LogP contribution in [-0.4, -0.2) is 19.9 Å². The Morgan fingerprint density at radius 2 is 0.865 bits per heavy atom. The third-order valence-electron chi connectivity index (χ3n) is 9.85. The predicted octanol–water partition coefficient (Wildman–Crippen LogP) is 12.2. The molecule has 0 aliphatic heterocycles. The van der Waals surface area contributed by atoms with Crippen molar-refractivity contribution in [3.05, 3.63) is 182 Å². The van der Waals surface area contributed by atoms with Gasteiger partial charge in [-0.1, -0.05) is 146 Å². The highest BCUT2D eigenvalue weighted by Gasteiger charge is 2.16. The molecule has 10 rings (SSSR count). The van der Waals surface area contributed by atoms with Crippen LogP contribution in [0.5, 0.6) is 0 Å². The second-order valence-corrected chi connectivity index (χ2v) is 13.0. The van der Waals surface area contributed by atoms with Crippen LogP contribution in [0.4, 0.5) is 0 Å². The SMILES string of the molecule is c1ccc(-c2ccc3c(ccc4c5ccc(-c6cccc(-c7nc(-c8ccccc8)c8ccccc8n7)c6)cc5nc(-c5ccccc5)c34)n2)cc1. The molecule has 4 heteroatoms. The van der Waals surface area contributed by atoms with Gasteiger partial charge in [0.05, 0.1) is 33.6 Å². The fourth-order valence-electron chi connectivity index (χ4n) is 7.33. The van der Waals surface area contributed by atoms with Crippen LogP contribution in [0.1, 0.15) is 0 Å². The number of nitrogens with zero attached hydrogens (tertiary/aromatic N) is 4. The zero-order chi connectivity index (χ0) is 34.4. The highest BCUT2D eigenvalue weighted by Crippen LogP contribution is 2.39. The number of hydrogen-bond acceptors (Lipinski definition) is 4. The standard InChI is InChI=1S/C48H30N4/c1-4-13-31(14-5-1)41-27-26-39-43(49-41)28-25-38-37-24-23-35(30-44(37)50-47(45(38)39)33-17-8-3-9-18-33)34-19-12-20-36(29-34)48-51-42-22-11-10-21-40(42)46(52-48)32-15-6-2-7-16-32/h1-30H. The van der Waals surface area contributed by atoms with E-state index in [1.807, 2.05) is 42.5 Å². The van der Waals surface area contributed by atoms with Gasteiger partial charge in [0.25, 0.3) is 0 Å². The zero-order valence-electron chi connectivity index (χ0n) is 28.1. The highest BCUT2D eigenvalue weighted by atomic mass is 14.9. The molecule has 0 radical (unpaired) electrons. The van der Waals surface area contributed by atoms with Gasteiger partial charge in [0.15, 0.2) is 5.82 Å². The summed E-state index contributed by atoms with van der Waals surface area (Å²) in [6.45, 7) is 0. The van der Waals surface area contributed by atoms with Crippen LogP contribution in [0.25, 0.3) is 99.8 Å². The second-order valence-electron chi connectivity index (χ2n) is 13.0. The van der Waals surface area contributed by atoms with Crippen LogP contribution >= 0.6 is 0 Å². The van der Waals surface area contributed by atoms with E-state index in [9.17, 15) is 0 Å². The molecule has 0 saturated heterocycles. The summed E-state index contributed by atoms with van der Waals surface area (Å²) in [4.78, 5) is 20.6. The number of aromatic nitrogens is 4. The maximum atomic E-state index is 5.40. The van der Waals surface area contributed by atoms with E-state index in [0.29, 0.717) is 5.82 Å². The van der Waals surface area contributed by atoms with E-state index >= 15 is 0 Å². The minimum absolute atomic E-state index is 0.701. The highest BCUT2D eigenvalue weighted by molar-refractivity contribution is 6.21. The second kappa shape index (κ2) is 12.4. The van der Waals surface area contributed by atoms with Crippen molar-refractivity contribution in [1.29, 1.82) is 0 Å². The first-order valence-electron chi connectivity index (χ1n) is 17.5. The third kappa shape index (κ3) is 5.17. The first-order valence-corrected chi connectivity index (χ1v) is 17.5. The van der Waals surface area contributed by atoms with Crippen LogP contribution < -0.4 is 0 Å². The molecule has 10 aromatic rings. The normalized spacial score (nSPS) is 11.5. The molecule has 0 saturated carbocycles. The lowest BCUT2D eigenvalue weighted by molar-refractivity contribution is 1.23. The first kappa shape index (κ1) is 29.8. The van der Waals surface area contributed by atoms with Crippen molar-refractivity contribution in [3.63, 3.8) is 0 Å². The minimum atomic E-state index is 0.701. The molecule has 0 fully saturated rings. The maximum absolute atomic E-state index is 5.40. The molecule has 3 aromatic heterocycles. The van der Waals surface area contributed by atoms with Gasteiger partial charge in [-0.05, 0) is 52.9 Å². The van der Waals surface area contributed by atoms with Gasteiger partial charge in [-0.25, -0.2) is 19.9 Å². The molecule has 0 spiro atoms. The van der Waals surface area contributed by atoms with E-state index in [0.717, 1.165) is 93.9 Å². The minimum Gasteiger partial charge on any atom is -0.248 e. The summed E-state index contributed by atoms with van der Waals surface area (Å²) in [5.74, 6) is 0.701. The van der Waals surface area contributed by atoms with Gasteiger partial charge in [-0.2, -0.15) is 0 Å². The van der Waals surface area contributed by atoms with Crippen molar-refractivity contribution in [1.82, 2.24) is 19.9 Å². The van der Waals surface area contributed by atoms with Gasteiger partial charge in [-0.3, -0.25) is 0 Å². The molecule has 0 atom stereocenters. The van der Waals surface area contributed by atoms with Crippen molar-refractivity contribution in [3.8, 4) is 56.3 Å². The summed E-state index contributed by atoms with van der Waals surface area (Å²) in [5, 5.41) is 5.50. The van der Waals surface area contributed by atoms with E-state index in [-0.39, 0.29) is 0 Å². The molecule has 0 bridgehead atoms. The van der Waals surface area contributed by atoms with Crippen LogP contribution in [-0.2, 0) is 0 Å².